The van der Waals surface area contributed by atoms with Crippen molar-refractivity contribution in [1.82, 2.24) is 10.3 Å². The van der Waals surface area contributed by atoms with E-state index in [0.717, 1.165) is 35.7 Å². The summed E-state index contributed by atoms with van der Waals surface area (Å²) in [4.78, 5) is 17.2. The number of hydrogen-bond acceptors (Lipinski definition) is 7. The fraction of sp³-hybridized carbons (Fsp3) is 0.304. The van der Waals surface area contributed by atoms with Crippen LogP contribution in [0.4, 0.5) is 21.0 Å². The zero-order valence-electron chi connectivity index (χ0n) is 17.5. The van der Waals surface area contributed by atoms with Crippen molar-refractivity contribution in [2.24, 2.45) is 0 Å². The summed E-state index contributed by atoms with van der Waals surface area (Å²) < 4.78 is 19.7. The van der Waals surface area contributed by atoms with Gasteiger partial charge in [0.15, 0.2) is 5.13 Å². The number of halogens is 1. The second-order valence-electron chi connectivity index (χ2n) is 8.06. The summed E-state index contributed by atoms with van der Waals surface area (Å²) >= 11 is 1.14. The minimum Gasteiger partial charge on any atom is -0.492 e. The highest BCUT2D eigenvalue weighted by atomic mass is 32.1. The van der Waals surface area contributed by atoms with Crippen molar-refractivity contribution in [3.63, 3.8) is 0 Å². The molecule has 0 amide bonds. The minimum atomic E-state index is -0.424. The molecule has 6 nitrogen and oxygen atoms in total. The molecule has 0 radical (unpaired) electrons. The maximum atomic E-state index is 13.8. The van der Waals surface area contributed by atoms with Gasteiger partial charge in [-0.05, 0) is 69.1 Å². The number of ketones is 1. The lowest BCUT2D eigenvalue weighted by Gasteiger charge is -2.24. The number of aromatic nitrogens is 1. The molecule has 4 N–H and O–H groups in total. The standard InChI is InChI=1S/C23H25FN4O2S/c1-14-4-5-15(12-18(14)24)19(29)20-21(25)28-22(31-20)27-16-6-8-17(9-7-16)30-13-23(2)10-3-11-26-23/h4-9,12,26H,3,10-11,13,25H2,1-2H3,(H,27,28)/t23-/m1/s1. The van der Waals surface area contributed by atoms with Gasteiger partial charge in [0.1, 0.15) is 28.9 Å². The first-order chi connectivity index (χ1) is 14.8. The number of nitrogen functional groups attached to an aromatic ring is 1. The van der Waals surface area contributed by atoms with Crippen LogP contribution >= 0.6 is 11.3 Å². The molecule has 2 heterocycles. The first-order valence-electron chi connectivity index (χ1n) is 10.2. The molecule has 0 spiro atoms. The minimum absolute atomic E-state index is 0.0264. The van der Waals surface area contributed by atoms with Crippen LogP contribution in [-0.2, 0) is 0 Å². The van der Waals surface area contributed by atoms with Crippen LogP contribution in [-0.4, -0.2) is 29.5 Å². The molecule has 1 fully saturated rings. The monoisotopic (exact) mass is 440 g/mol. The van der Waals surface area contributed by atoms with E-state index in [1.54, 1.807) is 19.1 Å². The molecule has 1 atom stereocenters. The van der Waals surface area contributed by atoms with Gasteiger partial charge in [0, 0.05) is 16.8 Å². The lowest BCUT2D eigenvalue weighted by Crippen LogP contribution is -2.42. The van der Waals surface area contributed by atoms with E-state index in [-0.39, 0.29) is 27.6 Å². The fourth-order valence-corrected chi connectivity index (χ4v) is 4.36. The molecule has 0 bridgehead atoms. The van der Waals surface area contributed by atoms with Gasteiger partial charge >= 0.3 is 0 Å². The molecule has 0 saturated carbocycles. The average molecular weight is 441 g/mol. The fourth-order valence-electron chi connectivity index (χ4n) is 3.49. The van der Waals surface area contributed by atoms with Gasteiger partial charge in [0.2, 0.25) is 5.78 Å². The number of benzene rings is 2. The van der Waals surface area contributed by atoms with Gasteiger partial charge in [-0.25, -0.2) is 9.37 Å². The van der Waals surface area contributed by atoms with Crippen molar-refractivity contribution in [1.29, 1.82) is 0 Å². The Morgan fingerprint density at radius 3 is 2.77 bits per heavy atom. The summed E-state index contributed by atoms with van der Waals surface area (Å²) in [6.07, 6.45) is 2.28. The molecular weight excluding hydrogens is 415 g/mol. The van der Waals surface area contributed by atoms with Gasteiger partial charge in [0.05, 0.1) is 0 Å². The van der Waals surface area contributed by atoms with Crippen LogP contribution in [0, 0.1) is 12.7 Å². The van der Waals surface area contributed by atoms with Crippen LogP contribution in [0.5, 0.6) is 5.75 Å². The number of nitrogens with two attached hydrogens (primary N) is 1. The molecule has 31 heavy (non-hydrogen) atoms. The van der Waals surface area contributed by atoms with Gasteiger partial charge in [0.25, 0.3) is 0 Å². The van der Waals surface area contributed by atoms with Crippen LogP contribution in [0.1, 0.15) is 40.6 Å². The number of aryl methyl sites for hydroxylation is 1. The maximum absolute atomic E-state index is 13.8. The van der Waals surface area contributed by atoms with E-state index in [2.05, 4.69) is 22.5 Å². The first-order valence-corrected chi connectivity index (χ1v) is 11.0. The van der Waals surface area contributed by atoms with E-state index in [4.69, 9.17) is 10.5 Å². The number of anilines is 3. The number of carbonyl (C=O) groups excluding carboxylic acids is 1. The van der Waals surface area contributed by atoms with Gasteiger partial charge < -0.3 is 21.1 Å². The second-order valence-corrected chi connectivity index (χ2v) is 9.05. The van der Waals surface area contributed by atoms with Crippen LogP contribution in [0.2, 0.25) is 0 Å². The Labute approximate surface area is 184 Å². The second kappa shape index (κ2) is 8.64. The molecule has 1 aliphatic heterocycles. The molecule has 8 heteroatoms. The Bertz CT molecular complexity index is 1090. The van der Waals surface area contributed by atoms with Gasteiger partial charge in [-0.2, -0.15) is 0 Å². The highest BCUT2D eigenvalue weighted by molar-refractivity contribution is 7.18. The van der Waals surface area contributed by atoms with E-state index in [1.165, 1.54) is 12.5 Å². The third-order valence-electron chi connectivity index (χ3n) is 5.41. The molecule has 3 aromatic rings. The van der Waals surface area contributed by atoms with Crippen molar-refractivity contribution in [2.75, 3.05) is 24.2 Å². The zero-order valence-corrected chi connectivity index (χ0v) is 18.3. The molecule has 0 aliphatic carbocycles. The van der Waals surface area contributed by atoms with E-state index in [0.29, 0.717) is 17.3 Å². The number of nitrogens with zero attached hydrogens (tertiary/aromatic N) is 1. The first kappa shape index (κ1) is 21.3. The van der Waals surface area contributed by atoms with Crippen LogP contribution in [0.25, 0.3) is 0 Å². The summed E-state index contributed by atoms with van der Waals surface area (Å²) in [6, 6.07) is 11.9. The highest BCUT2D eigenvalue weighted by Crippen LogP contribution is 2.31. The van der Waals surface area contributed by atoms with E-state index in [1.807, 2.05) is 24.3 Å². The Morgan fingerprint density at radius 2 is 2.10 bits per heavy atom. The third kappa shape index (κ3) is 4.86. The van der Waals surface area contributed by atoms with Crippen molar-refractivity contribution >= 4 is 33.8 Å². The van der Waals surface area contributed by atoms with E-state index in [9.17, 15) is 9.18 Å². The molecule has 1 aliphatic rings. The lowest BCUT2D eigenvalue weighted by molar-refractivity contribution is 0.104. The van der Waals surface area contributed by atoms with E-state index < -0.39 is 5.82 Å². The molecular formula is C23H25FN4O2S. The summed E-state index contributed by atoms with van der Waals surface area (Å²) in [5.74, 6) is 0.138. The number of thiazole rings is 1. The maximum Gasteiger partial charge on any atom is 0.206 e. The number of nitrogens with one attached hydrogen (secondary N) is 2. The topological polar surface area (TPSA) is 89.3 Å². The molecule has 162 valence electrons. The molecule has 1 saturated heterocycles. The molecule has 4 rings (SSSR count). The SMILES string of the molecule is Cc1ccc(C(=O)c2sc(Nc3ccc(OC[C@@]4(C)CCCN4)cc3)nc2N)cc1F. The summed E-state index contributed by atoms with van der Waals surface area (Å²) in [5, 5.41) is 7.12. The van der Waals surface area contributed by atoms with Gasteiger partial charge in [-0.3, -0.25) is 4.79 Å². The number of carbonyl (C=O) groups is 1. The summed E-state index contributed by atoms with van der Waals surface area (Å²) in [6.45, 7) is 5.47. The predicted octanol–water partition coefficient (Wildman–Crippen LogP) is 4.67. The summed E-state index contributed by atoms with van der Waals surface area (Å²) in [5.41, 5.74) is 7.51. The van der Waals surface area contributed by atoms with Gasteiger partial charge in [-0.1, -0.05) is 23.5 Å². The number of rotatable bonds is 7. The smallest absolute Gasteiger partial charge is 0.206 e. The normalized spacial score (nSPS) is 18.2. The largest absolute Gasteiger partial charge is 0.492 e. The third-order valence-corrected chi connectivity index (χ3v) is 6.40. The number of hydrogen-bond donors (Lipinski definition) is 3. The zero-order chi connectivity index (χ0) is 22.0. The van der Waals surface area contributed by atoms with Crippen LogP contribution in [0.15, 0.2) is 42.5 Å². The van der Waals surface area contributed by atoms with Crippen molar-refractivity contribution in [2.45, 2.75) is 32.2 Å². The quantitative estimate of drug-likeness (QED) is 0.463. The Hall–Kier alpha value is -2.97. The summed E-state index contributed by atoms with van der Waals surface area (Å²) in [7, 11) is 0. The Kier molecular flexibility index (Phi) is 5.93. The Balaban J connectivity index is 1.41. The van der Waals surface area contributed by atoms with Crippen LogP contribution in [0.3, 0.4) is 0 Å². The van der Waals surface area contributed by atoms with Crippen molar-refractivity contribution in [3.8, 4) is 5.75 Å². The number of ether oxygens (including phenoxy) is 1. The van der Waals surface area contributed by atoms with Crippen molar-refractivity contribution in [3.05, 3.63) is 64.3 Å². The highest BCUT2D eigenvalue weighted by Gasteiger charge is 2.28. The van der Waals surface area contributed by atoms with Crippen molar-refractivity contribution < 1.29 is 13.9 Å². The molecule has 2 aromatic carbocycles. The predicted molar refractivity (Wildman–Crippen MR) is 122 cm³/mol. The van der Waals surface area contributed by atoms with Crippen LogP contribution < -0.4 is 21.1 Å². The molecule has 0 unspecified atom stereocenters. The lowest BCUT2D eigenvalue weighted by atomic mass is 10.0. The van der Waals surface area contributed by atoms with E-state index >= 15 is 0 Å². The molecule has 1 aromatic heterocycles. The Morgan fingerprint density at radius 1 is 1.32 bits per heavy atom. The van der Waals surface area contributed by atoms with Gasteiger partial charge in [-0.15, -0.1) is 0 Å². The average Bonchev–Trinajstić information content (AvgIpc) is 3.35.